The van der Waals surface area contributed by atoms with E-state index in [1.165, 1.54) is 19.3 Å². The summed E-state index contributed by atoms with van der Waals surface area (Å²) in [6, 6.07) is 0. The highest BCUT2D eigenvalue weighted by atomic mass is 14.9. The molecule has 3 rings (SSSR count). The molecule has 0 aromatic rings. The first-order valence-corrected chi connectivity index (χ1v) is 4.35. The van der Waals surface area contributed by atoms with Gasteiger partial charge in [-0.3, -0.25) is 0 Å². The smallest absolute Gasteiger partial charge is 0.0411 e. The Morgan fingerprint density at radius 2 is 2.00 bits per heavy atom. The van der Waals surface area contributed by atoms with E-state index in [1.807, 2.05) is 6.92 Å². The molecule has 0 saturated heterocycles. The topological polar surface area (TPSA) is 0 Å². The van der Waals surface area contributed by atoms with Gasteiger partial charge in [0.1, 0.15) is 0 Å². The Bertz CT molecular complexity index is 219. The first-order valence-electron chi connectivity index (χ1n) is 4.35. The van der Waals surface area contributed by atoms with Gasteiger partial charge in [0, 0.05) is 5.41 Å². The van der Waals surface area contributed by atoms with Crippen molar-refractivity contribution in [2.75, 3.05) is 0 Å². The van der Waals surface area contributed by atoms with Crippen molar-refractivity contribution in [2.24, 2.45) is 23.2 Å². The van der Waals surface area contributed by atoms with Crippen LogP contribution in [-0.4, -0.2) is 0 Å². The van der Waals surface area contributed by atoms with Crippen molar-refractivity contribution < 1.29 is 0 Å². The zero-order valence-corrected chi connectivity index (χ0v) is 6.35. The third-order valence-corrected chi connectivity index (χ3v) is 3.80. The van der Waals surface area contributed by atoms with E-state index in [9.17, 15) is 0 Å². The van der Waals surface area contributed by atoms with E-state index in [1.54, 1.807) is 0 Å². The largest absolute Gasteiger partial charge is 0.106 e. The quantitative estimate of drug-likeness (QED) is 0.442. The molecule has 3 aliphatic rings. The lowest BCUT2D eigenvalue weighted by Crippen LogP contribution is -2.14. The molecular weight excluding hydrogens is 120 g/mol. The summed E-state index contributed by atoms with van der Waals surface area (Å²) >= 11 is 0. The van der Waals surface area contributed by atoms with Crippen LogP contribution in [0.3, 0.4) is 0 Å². The van der Waals surface area contributed by atoms with Crippen molar-refractivity contribution in [1.29, 1.82) is 0 Å². The molecule has 0 heteroatoms. The maximum absolute atomic E-state index is 3.42. The zero-order chi connectivity index (χ0) is 6.77. The van der Waals surface area contributed by atoms with Crippen molar-refractivity contribution in [3.63, 3.8) is 0 Å². The zero-order valence-electron chi connectivity index (χ0n) is 6.35. The number of rotatable bonds is 0. The molecule has 3 saturated carbocycles. The van der Waals surface area contributed by atoms with Crippen LogP contribution >= 0.6 is 0 Å². The average molecular weight is 132 g/mol. The second kappa shape index (κ2) is 1.28. The van der Waals surface area contributed by atoms with Gasteiger partial charge in [0.25, 0.3) is 0 Å². The standard InChI is InChI=1S/C10H12/c1-2-6-10-7-4-3-5-8(10)9(7)10/h7-9H,3-5H2,1H3. The monoisotopic (exact) mass is 132 g/mol. The number of hydrogen-bond donors (Lipinski definition) is 0. The van der Waals surface area contributed by atoms with Crippen LogP contribution in [0.5, 0.6) is 0 Å². The van der Waals surface area contributed by atoms with Crippen LogP contribution in [0, 0.1) is 35.0 Å². The lowest BCUT2D eigenvalue weighted by atomic mass is 9.83. The Balaban J connectivity index is 1.92. The summed E-state index contributed by atoms with van der Waals surface area (Å²) in [6.45, 7) is 1.98. The molecule has 0 aromatic heterocycles. The van der Waals surface area contributed by atoms with E-state index >= 15 is 0 Å². The van der Waals surface area contributed by atoms with Crippen LogP contribution in [0.25, 0.3) is 0 Å². The fraction of sp³-hybridized carbons (Fsp3) is 0.800. The third-order valence-electron chi connectivity index (χ3n) is 3.80. The highest BCUT2D eigenvalue weighted by Gasteiger charge is 2.86. The van der Waals surface area contributed by atoms with Gasteiger partial charge in [-0.2, -0.15) is 0 Å². The van der Waals surface area contributed by atoms with Gasteiger partial charge in [-0.1, -0.05) is 12.3 Å². The van der Waals surface area contributed by atoms with E-state index in [4.69, 9.17) is 0 Å². The van der Waals surface area contributed by atoms with Crippen molar-refractivity contribution in [2.45, 2.75) is 26.2 Å². The maximum Gasteiger partial charge on any atom is 0.0411 e. The van der Waals surface area contributed by atoms with Crippen molar-refractivity contribution in [3.05, 3.63) is 0 Å². The molecule has 0 nitrogen and oxygen atoms in total. The minimum Gasteiger partial charge on any atom is -0.106 e. The summed E-state index contributed by atoms with van der Waals surface area (Å²) in [5.74, 6) is 9.70. The molecule has 52 valence electrons. The van der Waals surface area contributed by atoms with Gasteiger partial charge < -0.3 is 0 Å². The summed E-state index contributed by atoms with van der Waals surface area (Å²) in [5.41, 5.74) is 0.618. The minimum absolute atomic E-state index is 0.618. The van der Waals surface area contributed by atoms with Gasteiger partial charge in [0.05, 0.1) is 0 Å². The van der Waals surface area contributed by atoms with E-state index in [0.29, 0.717) is 5.41 Å². The predicted molar refractivity (Wildman–Crippen MR) is 40.2 cm³/mol. The van der Waals surface area contributed by atoms with Crippen LogP contribution in [0.2, 0.25) is 0 Å². The van der Waals surface area contributed by atoms with Gasteiger partial charge in [-0.05, 0) is 37.5 Å². The van der Waals surface area contributed by atoms with Gasteiger partial charge >= 0.3 is 0 Å². The molecule has 0 radical (unpaired) electrons. The Morgan fingerprint density at radius 3 is 2.50 bits per heavy atom. The fourth-order valence-electron chi connectivity index (χ4n) is 3.34. The SMILES string of the molecule is CC#CC12C3CCCC1C32. The van der Waals surface area contributed by atoms with Crippen LogP contribution < -0.4 is 0 Å². The molecular formula is C10H12. The second-order valence-electron chi connectivity index (χ2n) is 3.98. The first-order chi connectivity index (χ1) is 4.91. The molecule has 0 amide bonds. The molecule has 3 fully saturated rings. The van der Waals surface area contributed by atoms with Gasteiger partial charge in [0.2, 0.25) is 0 Å². The summed E-state index contributed by atoms with van der Waals surface area (Å²) in [7, 11) is 0. The molecule has 3 aliphatic carbocycles. The Morgan fingerprint density at radius 1 is 1.30 bits per heavy atom. The summed E-state index contributed by atoms with van der Waals surface area (Å²) in [6.07, 6.45) is 4.45. The molecule has 0 N–H and O–H groups in total. The first kappa shape index (κ1) is 5.24. The fourth-order valence-corrected chi connectivity index (χ4v) is 3.34. The van der Waals surface area contributed by atoms with Crippen LogP contribution in [-0.2, 0) is 0 Å². The van der Waals surface area contributed by atoms with Crippen LogP contribution in [0.15, 0.2) is 0 Å². The molecule has 2 atom stereocenters. The minimum atomic E-state index is 0.618. The Kier molecular flexibility index (Phi) is 0.670. The van der Waals surface area contributed by atoms with Crippen molar-refractivity contribution >= 4 is 0 Å². The number of hydrogen-bond acceptors (Lipinski definition) is 0. The van der Waals surface area contributed by atoms with E-state index < -0.39 is 0 Å². The highest BCUT2D eigenvalue weighted by Crippen LogP contribution is 2.88. The van der Waals surface area contributed by atoms with Crippen molar-refractivity contribution in [3.8, 4) is 11.8 Å². The predicted octanol–water partition coefficient (Wildman–Crippen LogP) is 2.06. The van der Waals surface area contributed by atoms with E-state index in [-0.39, 0.29) is 0 Å². The summed E-state index contributed by atoms with van der Waals surface area (Å²) in [4.78, 5) is 0. The number of fused-ring (bicyclic) bond motifs is 2. The van der Waals surface area contributed by atoms with Crippen molar-refractivity contribution in [1.82, 2.24) is 0 Å². The molecule has 0 heterocycles. The normalized spacial score (nSPS) is 59.9. The molecule has 10 heavy (non-hydrogen) atoms. The third kappa shape index (κ3) is 0.327. The van der Waals surface area contributed by atoms with E-state index in [0.717, 1.165) is 17.8 Å². The average Bonchev–Trinajstić information content (AvgIpc) is 2.80. The van der Waals surface area contributed by atoms with Gasteiger partial charge in [-0.15, -0.1) is 5.92 Å². The molecule has 0 aromatic carbocycles. The summed E-state index contributed by atoms with van der Waals surface area (Å²) in [5, 5.41) is 0. The summed E-state index contributed by atoms with van der Waals surface area (Å²) < 4.78 is 0. The van der Waals surface area contributed by atoms with Crippen LogP contribution in [0.4, 0.5) is 0 Å². The Hall–Kier alpha value is -0.440. The van der Waals surface area contributed by atoms with Crippen LogP contribution in [0.1, 0.15) is 26.2 Å². The molecule has 0 bridgehead atoms. The lowest BCUT2D eigenvalue weighted by molar-refractivity contribution is 0.307. The molecule has 0 aliphatic heterocycles. The Labute approximate surface area is 62.0 Å². The second-order valence-corrected chi connectivity index (χ2v) is 3.98. The molecule has 0 spiro atoms. The maximum atomic E-state index is 3.42. The van der Waals surface area contributed by atoms with E-state index in [2.05, 4.69) is 11.8 Å². The highest BCUT2D eigenvalue weighted by molar-refractivity contribution is 5.44. The molecule has 2 unspecified atom stereocenters. The lowest BCUT2D eigenvalue weighted by Gasteiger charge is -2.21. The van der Waals surface area contributed by atoms with Gasteiger partial charge in [0.15, 0.2) is 0 Å². The van der Waals surface area contributed by atoms with Gasteiger partial charge in [-0.25, -0.2) is 0 Å².